The summed E-state index contributed by atoms with van der Waals surface area (Å²) in [4.78, 5) is 12.6. The fraction of sp³-hybridized carbons (Fsp3) is 0.464. The van der Waals surface area contributed by atoms with Gasteiger partial charge in [-0.15, -0.1) is 0 Å². The minimum atomic E-state index is -0.524. The number of fused-ring (bicyclic) bond motifs is 1. The van der Waals surface area contributed by atoms with Crippen molar-refractivity contribution in [3.8, 4) is 11.5 Å². The highest BCUT2D eigenvalue weighted by Crippen LogP contribution is 2.40. The molecule has 1 atom stereocenters. The Morgan fingerprint density at radius 2 is 1.92 bits per heavy atom. The van der Waals surface area contributed by atoms with E-state index in [0.29, 0.717) is 19.6 Å². The molecule has 0 bridgehead atoms. The number of amidine groups is 1. The van der Waals surface area contributed by atoms with E-state index in [4.69, 9.17) is 19.0 Å². The van der Waals surface area contributed by atoms with Gasteiger partial charge in [0, 0.05) is 25.6 Å². The van der Waals surface area contributed by atoms with Gasteiger partial charge in [0.25, 0.3) is 0 Å². The highest BCUT2D eigenvalue weighted by Gasteiger charge is 2.34. The minimum Gasteiger partial charge on any atom is -0.493 e. The first-order valence-electron chi connectivity index (χ1n) is 12.6. The second kappa shape index (κ2) is 10.6. The molecule has 2 aromatic carbocycles. The van der Waals surface area contributed by atoms with Crippen molar-refractivity contribution in [2.45, 2.75) is 44.9 Å². The minimum absolute atomic E-state index is 0.242. The average Bonchev–Trinajstić information content (AvgIpc) is 3.57. The lowest BCUT2D eigenvalue weighted by atomic mass is 9.90. The van der Waals surface area contributed by atoms with Crippen molar-refractivity contribution in [2.75, 3.05) is 40.0 Å². The van der Waals surface area contributed by atoms with Crippen molar-refractivity contribution in [2.24, 2.45) is 4.99 Å². The summed E-state index contributed by atoms with van der Waals surface area (Å²) in [6.45, 7) is 7.87. The molecule has 0 radical (unpaired) electrons. The Balaban J connectivity index is 1.35. The van der Waals surface area contributed by atoms with Crippen molar-refractivity contribution in [3.63, 3.8) is 0 Å². The molecule has 0 aromatic heterocycles. The number of benzene rings is 2. The molecule has 2 aromatic rings. The normalized spacial score (nSPS) is 20.1. The second-order valence-corrected chi connectivity index (χ2v) is 9.97. The quantitative estimate of drug-likeness (QED) is 0.550. The van der Waals surface area contributed by atoms with Crippen LogP contribution in [0.4, 0.5) is 4.39 Å². The molecule has 5 rings (SSSR count). The van der Waals surface area contributed by atoms with E-state index in [9.17, 15) is 4.39 Å². The van der Waals surface area contributed by atoms with Crippen molar-refractivity contribution in [1.82, 2.24) is 10.4 Å². The molecule has 3 aliphatic rings. The molecule has 0 aliphatic carbocycles. The van der Waals surface area contributed by atoms with Gasteiger partial charge < -0.3 is 14.2 Å². The molecule has 1 saturated heterocycles. The zero-order valence-electron chi connectivity index (χ0n) is 21.2. The van der Waals surface area contributed by atoms with Crippen LogP contribution in [0.25, 0.3) is 5.57 Å². The smallest absolute Gasteiger partial charge is 0.205 e. The number of hydrogen-bond donors (Lipinski definition) is 1. The fourth-order valence-corrected chi connectivity index (χ4v) is 4.76. The van der Waals surface area contributed by atoms with Crippen LogP contribution in [0.15, 0.2) is 53.0 Å². The van der Waals surface area contributed by atoms with E-state index >= 15 is 0 Å². The zero-order chi connectivity index (χ0) is 25.1. The molecular formula is C28H34FN3O4. The predicted octanol–water partition coefficient (Wildman–Crippen LogP) is 4.57. The maximum absolute atomic E-state index is 13.7. The highest BCUT2D eigenvalue weighted by molar-refractivity contribution is 5.87. The molecule has 1 fully saturated rings. The number of methoxy groups -OCH3 is 1. The average molecular weight is 496 g/mol. The summed E-state index contributed by atoms with van der Waals surface area (Å²) in [5, 5.41) is 0. The standard InChI is InChI=1S/C28H34FN3O4/c1-28(2,33-3)27-30-25(31-36-27)12-15-34-22-10-11-24-23(16-22)26(19-6-8-21(29)9-7-19)20(18-35-24)17-32-13-4-5-14-32/h6-11,16,27H,4-5,12-15,17-18H2,1-3H3,(H,30,31). The first-order valence-corrected chi connectivity index (χ1v) is 12.6. The largest absolute Gasteiger partial charge is 0.493 e. The van der Waals surface area contributed by atoms with Crippen LogP contribution in [-0.2, 0) is 9.57 Å². The molecule has 0 spiro atoms. The van der Waals surface area contributed by atoms with Crippen LogP contribution < -0.4 is 15.0 Å². The van der Waals surface area contributed by atoms with Gasteiger partial charge in [-0.05, 0) is 86.8 Å². The second-order valence-electron chi connectivity index (χ2n) is 9.97. The van der Waals surface area contributed by atoms with Gasteiger partial charge >= 0.3 is 0 Å². The molecule has 0 saturated carbocycles. The fourth-order valence-electron chi connectivity index (χ4n) is 4.76. The van der Waals surface area contributed by atoms with Crippen molar-refractivity contribution in [3.05, 3.63) is 65.0 Å². The third-order valence-electron chi connectivity index (χ3n) is 7.01. The zero-order valence-corrected chi connectivity index (χ0v) is 21.2. The number of hydrogen-bond acceptors (Lipinski definition) is 7. The van der Waals surface area contributed by atoms with Crippen LogP contribution in [0.1, 0.15) is 44.2 Å². The van der Waals surface area contributed by atoms with Gasteiger partial charge in [0.15, 0.2) is 0 Å². The Bertz CT molecular complexity index is 1140. The van der Waals surface area contributed by atoms with E-state index in [-0.39, 0.29) is 5.82 Å². The summed E-state index contributed by atoms with van der Waals surface area (Å²) in [6, 6.07) is 12.6. The Hall–Kier alpha value is -2.94. The number of aliphatic imine (C=N–C) groups is 1. The van der Waals surface area contributed by atoms with Crippen LogP contribution in [0.5, 0.6) is 11.5 Å². The summed E-state index contributed by atoms with van der Waals surface area (Å²) in [6.07, 6.45) is 2.62. The first kappa shape index (κ1) is 24.7. The van der Waals surface area contributed by atoms with Gasteiger partial charge in [-0.3, -0.25) is 10.4 Å². The van der Waals surface area contributed by atoms with Crippen LogP contribution in [0.3, 0.4) is 0 Å². The van der Waals surface area contributed by atoms with Gasteiger partial charge in [-0.25, -0.2) is 14.2 Å². The Kier molecular flexibility index (Phi) is 7.27. The Labute approximate surface area is 211 Å². The molecule has 7 nitrogen and oxygen atoms in total. The van der Waals surface area contributed by atoms with E-state index in [2.05, 4.69) is 15.4 Å². The molecule has 1 unspecified atom stereocenters. The SMILES string of the molecule is COC(C)(C)C1N=C(CCOc2ccc3c(c2)C(c2ccc(F)cc2)=C(CN2CCCC2)CO3)NO1. The highest BCUT2D eigenvalue weighted by atomic mass is 19.1. The molecule has 3 heterocycles. The molecule has 1 N–H and O–H groups in total. The molecule has 8 heteroatoms. The van der Waals surface area contributed by atoms with Crippen molar-refractivity contribution in [1.29, 1.82) is 0 Å². The van der Waals surface area contributed by atoms with Crippen molar-refractivity contribution >= 4 is 11.4 Å². The number of nitrogens with zero attached hydrogens (tertiary/aromatic N) is 2. The Morgan fingerprint density at radius 3 is 2.67 bits per heavy atom. The van der Waals surface area contributed by atoms with Crippen LogP contribution in [-0.4, -0.2) is 62.5 Å². The van der Waals surface area contributed by atoms with Gasteiger partial charge in [-0.1, -0.05) is 12.1 Å². The lowest BCUT2D eigenvalue weighted by Gasteiger charge is -2.28. The number of nitrogens with one attached hydrogen (secondary N) is 1. The monoisotopic (exact) mass is 495 g/mol. The number of ether oxygens (including phenoxy) is 3. The van der Waals surface area contributed by atoms with Crippen molar-refractivity contribution < 1.29 is 23.4 Å². The van der Waals surface area contributed by atoms with Crippen LogP contribution in [0, 0.1) is 5.82 Å². The van der Waals surface area contributed by atoms with Gasteiger partial charge in [0.1, 0.15) is 35.4 Å². The van der Waals surface area contributed by atoms with Gasteiger partial charge in [0.2, 0.25) is 6.23 Å². The summed E-state index contributed by atoms with van der Waals surface area (Å²) in [7, 11) is 1.64. The number of hydroxylamine groups is 1. The molecular weight excluding hydrogens is 461 g/mol. The molecule has 36 heavy (non-hydrogen) atoms. The van der Waals surface area contributed by atoms with E-state index in [1.165, 1.54) is 30.5 Å². The van der Waals surface area contributed by atoms with E-state index in [0.717, 1.165) is 53.7 Å². The topological polar surface area (TPSA) is 64.6 Å². The lowest BCUT2D eigenvalue weighted by Crippen LogP contribution is -2.38. The predicted molar refractivity (Wildman–Crippen MR) is 137 cm³/mol. The van der Waals surface area contributed by atoms with E-state index < -0.39 is 11.8 Å². The number of rotatable bonds is 9. The lowest BCUT2D eigenvalue weighted by molar-refractivity contribution is -0.112. The number of likely N-dealkylation sites (tertiary alicyclic amines) is 1. The molecule has 192 valence electrons. The first-order chi connectivity index (χ1) is 17.4. The summed E-state index contributed by atoms with van der Waals surface area (Å²) < 4.78 is 31.4. The molecule has 3 aliphatic heterocycles. The van der Waals surface area contributed by atoms with E-state index in [1.807, 2.05) is 44.2 Å². The summed E-state index contributed by atoms with van der Waals surface area (Å²) in [5.74, 6) is 2.04. The third kappa shape index (κ3) is 5.40. The van der Waals surface area contributed by atoms with Crippen LogP contribution in [0.2, 0.25) is 0 Å². The maximum atomic E-state index is 13.7. The molecule has 0 amide bonds. The van der Waals surface area contributed by atoms with Crippen LogP contribution >= 0.6 is 0 Å². The third-order valence-corrected chi connectivity index (χ3v) is 7.01. The van der Waals surface area contributed by atoms with Gasteiger partial charge in [0.05, 0.1) is 6.61 Å². The van der Waals surface area contributed by atoms with E-state index in [1.54, 1.807) is 7.11 Å². The Morgan fingerprint density at radius 1 is 1.14 bits per heavy atom. The summed E-state index contributed by atoms with van der Waals surface area (Å²) >= 11 is 0. The van der Waals surface area contributed by atoms with Gasteiger partial charge in [-0.2, -0.15) is 0 Å². The summed E-state index contributed by atoms with van der Waals surface area (Å²) in [5.41, 5.74) is 6.63. The number of halogens is 1. The maximum Gasteiger partial charge on any atom is 0.205 e.